The third-order valence-corrected chi connectivity index (χ3v) is 3.00. The molecule has 0 atom stereocenters. The van der Waals surface area contributed by atoms with Gasteiger partial charge in [0.15, 0.2) is 0 Å². The van der Waals surface area contributed by atoms with Crippen LogP contribution in [0.1, 0.15) is 18.4 Å². The van der Waals surface area contributed by atoms with E-state index in [0.29, 0.717) is 6.54 Å². The van der Waals surface area contributed by atoms with Crippen LogP contribution in [0.15, 0.2) is 41.5 Å². The molecule has 19 heavy (non-hydrogen) atoms. The normalized spacial score (nSPS) is 16.4. The van der Waals surface area contributed by atoms with Crippen molar-refractivity contribution in [3.8, 4) is 0 Å². The van der Waals surface area contributed by atoms with Crippen molar-refractivity contribution in [1.29, 1.82) is 0 Å². The van der Waals surface area contributed by atoms with Crippen molar-refractivity contribution >= 4 is 18.2 Å². The molecule has 0 bridgehead atoms. The standard InChI is InChI=1S/C15H19N3O/c19-15(13-18-11-4-5-12-18)17-16-10-6-9-14-7-2-1-3-8-14/h1-3,6-10H,4-5,11-13H2,(H,17,19)/b9-6+,16-10+. The minimum Gasteiger partial charge on any atom is -0.294 e. The van der Waals surface area contributed by atoms with Crippen LogP contribution in [0.3, 0.4) is 0 Å². The maximum absolute atomic E-state index is 11.5. The first-order valence-corrected chi connectivity index (χ1v) is 6.60. The average molecular weight is 257 g/mol. The highest BCUT2D eigenvalue weighted by Gasteiger charge is 2.14. The van der Waals surface area contributed by atoms with Crippen molar-refractivity contribution in [1.82, 2.24) is 10.3 Å². The molecule has 2 rings (SSSR count). The van der Waals surface area contributed by atoms with Gasteiger partial charge >= 0.3 is 0 Å². The van der Waals surface area contributed by atoms with Gasteiger partial charge in [0.1, 0.15) is 0 Å². The van der Waals surface area contributed by atoms with Crippen molar-refractivity contribution in [2.45, 2.75) is 12.8 Å². The van der Waals surface area contributed by atoms with Gasteiger partial charge < -0.3 is 0 Å². The van der Waals surface area contributed by atoms with Crippen LogP contribution in [0.25, 0.3) is 6.08 Å². The lowest BCUT2D eigenvalue weighted by atomic mass is 10.2. The number of hydrazone groups is 1. The first kappa shape index (κ1) is 13.5. The Morgan fingerprint density at radius 2 is 2.00 bits per heavy atom. The molecule has 1 aliphatic heterocycles. The van der Waals surface area contributed by atoms with Crippen LogP contribution < -0.4 is 5.43 Å². The molecule has 0 radical (unpaired) electrons. The molecule has 1 N–H and O–H groups in total. The first-order chi connectivity index (χ1) is 9.34. The molecule has 1 fully saturated rings. The topological polar surface area (TPSA) is 44.7 Å². The zero-order chi connectivity index (χ0) is 13.3. The molecule has 1 aromatic carbocycles. The Morgan fingerprint density at radius 1 is 1.26 bits per heavy atom. The van der Waals surface area contributed by atoms with Gasteiger partial charge in [-0.2, -0.15) is 5.10 Å². The van der Waals surface area contributed by atoms with Gasteiger partial charge in [0, 0.05) is 6.21 Å². The maximum Gasteiger partial charge on any atom is 0.254 e. The van der Waals surface area contributed by atoms with E-state index in [1.54, 1.807) is 6.21 Å². The Kier molecular flexibility index (Phi) is 5.31. The Labute approximate surface area is 113 Å². The molecule has 1 heterocycles. The predicted octanol–water partition coefficient (Wildman–Crippen LogP) is 1.90. The van der Waals surface area contributed by atoms with Crippen molar-refractivity contribution in [2.24, 2.45) is 5.10 Å². The number of likely N-dealkylation sites (tertiary alicyclic amines) is 1. The number of hydrogen-bond donors (Lipinski definition) is 1. The van der Waals surface area contributed by atoms with E-state index in [0.717, 1.165) is 18.7 Å². The zero-order valence-electron chi connectivity index (χ0n) is 11.0. The van der Waals surface area contributed by atoms with Gasteiger partial charge in [-0.05, 0) is 37.6 Å². The smallest absolute Gasteiger partial charge is 0.254 e. The highest BCUT2D eigenvalue weighted by atomic mass is 16.2. The Morgan fingerprint density at radius 3 is 2.74 bits per heavy atom. The van der Waals surface area contributed by atoms with Gasteiger partial charge in [0.25, 0.3) is 5.91 Å². The predicted molar refractivity (Wildman–Crippen MR) is 77.8 cm³/mol. The van der Waals surface area contributed by atoms with Crippen LogP contribution in [0.5, 0.6) is 0 Å². The molecule has 4 nitrogen and oxygen atoms in total. The molecular formula is C15H19N3O. The second-order valence-corrected chi connectivity index (χ2v) is 4.57. The molecule has 100 valence electrons. The van der Waals surface area contributed by atoms with Gasteiger partial charge in [-0.3, -0.25) is 9.69 Å². The van der Waals surface area contributed by atoms with Gasteiger partial charge in [-0.15, -0.1) is 0 Å². The number of amides is 1. The summed E-state index contributed by atoms with van der Waals surface area (Å²) in [4.78, 5) is 13.7. The summed E-state index contributed by atoms with van der Waals surface area (Å²) in [5.41, 5.74) is 3.64. The first-order valence-electron chi connectivity index (χ1n) is 6.60. The molecule has 1 aliphatic rings. The Balaban J connectivity index is 1.68. The SMILES string of the molecule is O=C(CN1CCCC1)N/N=C/C=C/c1ccccc1. The minimum atomic E-state index is -0.0498. The average Bonchev–Trinajstić information content (AvgIpc) is 2.92. The fourth-order valence-corrected chi connectivity index (χ4v) is 2.05. The summed E-state index contributed by atoms with van der Waals surface area (Å²) >= 11 is 0. The Bertz CT molecular complexity index is 448. The van der Waals surface area contributed by atoms with Crippen LogP contribution in [0.4, 0.5) is 0 Å². The monoisotopic (exact) mass is 257 g/mol. The maximum atomic E-state index is 11.5. The summed E-state index contributed by atoms with van der Waals surface area (Å²) in [6.07, 6.45) is 7.73. The number of carbonyl (C=O) groups is 1. The van der Waals surface area contributed by atoms with Crippen molar-refractivity contribution in [2.75, 3.05) is 19.6 Å². The van der Waals surface area contributed by atoms with Crippen LogP contribution in [-0.2, 0) is 4.79 Å². The second-order valence-electron chi connectivity index (χ2n) is 4.57. The van der Waals surface area contributed by atoms with E-state index in [1.165, 1.54) is 12.8 Å². The second kappa shape index (κ2) is 7.48. The summed E-state index contributed by atoms with van der Waals surface area (Å²) in [7, 11) is 0. The lowest BCUT2D eigenvalue weighted by Crippen LogP contribution is -2.33. The molecule has 1 aromatic rings. The Hall–Kier alpha value is -1.94. The van der Waals surface area contributed by atoms with Gasteiger partial charge in [0.2, 0.25) is 0 Å². The molecule has 1 saturated heterocycles. The number of nitrogens with one attached hydrogen (secondary N) is 1. The number of nitrogens with zero attached hydrogens (tertiary/aromatic N) is 2. The van der Waals surface area contributed by atoms with Crippen LogP contribution in [-0.4, -0.2) is 36.7 Å². The van der Waals surface area contributed by atoms with Gasteiger partial charge in [0.05, 0.1) is 6.54 Å². The minimum absolute atomic E-state index is 0.0498. The van der Waals surface area contributed by atoms with Crippen molar-refractivity contribution in [3.05, 3.63) is 42.0 Å². The lowest BCUT2D eigenvalue weighted by Gasteiger charge is -2.11. The number of benzene rings is 1. The van der Waals surface area contributed by atoms with E-state index >= 15 is 0 Å². The molecule has 4 heteroatoms. The third-order valence-electron chi connectivity index (χ3n) is 3.00. The fraction of sp³-hybridized carbons (Fsp3) is 0.333. The zero-order valence-corrected chi connectivity index (χ0v) is 11.0. The lowest BCUT2D eigenvalue weighted by molar-refractivity contribution is -0.121. The largest absolute Gasteiger partial charge is 0.294 e. The fourth-order valence-electron chi connectivity index (χ4n) is 2.05. The summed E-state index contributed by atoms with van der Waals surface area (Å²) < 4.78 is 0. The summed E-state index contributed by atoms with van der Waals surface area (Å²) in [5.74, 6) is -0.0498. The van der Waals surface area contributed by atoms with E-state index < -0.39 is 0 Å². The van der Waals surface area contributed by atoms with Crippen molar-refractivity contribution in [3.63, 3.8) is 0 Å². The van der Waals surface area contributed by atoms with E-state index in [4.69, 9.17) is 0 Å². The molecule has 1 amide bonds. The van der Waals surface area contributed by atoms with E-state index in [1.807, 2.05) is 42.5 Å². The van der Waals surface area contributed by atoms with E-state index in [2.05, 4.69) is 15.4 Å². The van der Waals surface area contributed by atoms with Crippen LogP contribution in [0, 0.1) is 0 Å². The third kappa shape index (κ3) is 5.06. The van der Waals surface area contributed by atoms with Gasteiger partial charge in [-0.25, -0.2) is 5.43 Å². The molecule has 0 aliphatic carbocycles. The van der Waals surface area contributed by atoms with Gasteiger partial charge in [-0.1, -0.05) is 36.4 Å². The van der Waals surface area contributed by atoms with Crippen LogP contribution in [0.2, 0.25) is 0 Å². The molecule has 0 aromatic heterocycles. The molecule has 0 spiro atoms. The summed E-state index contributed by atoms with van der Waals surface area (Å²) in [5, 5.41) is 3.89. The molecule has 0 unspecified atom stereocenters. The number of hydrogen-bond acceptors (Lipinski definition) is 3. The summed E-state index contributed by atoms with van der Waals surface area (Å²) in [6.45, 7) is 2.48. The number of allylic oxidation sites excluding steroid dienone is 1. The number of rotatable bonds is 5. The highest BCUT2D eigenvalue weighted by Crippen LogP contribution is 2.05. The van der Waals surface area contributed by atoms with Crippen molar-refractivity contribution < 1.29 is 4.79 Å². The number of carbonyl (C=O) groups excluding carboxylic acids is 1. The van der Waals surface area contributed by atoms with E-state index in [-0.39, 0.29) is 5.91 Å². The molecule has 0 saturated carbocycles. The molecular weight excluding hydrogens is 238 g/mol. The van der Waals surface area contributed by atoms with E-state index in [9.17, 15) is 4.79 Å². The highest BCUT2D eigenvalue weighted by molar-refractivity contribution is 5.82. The summed E-state index contributed by atoms with van der Waals surface area (Å²) in [6, 6.07) is 9.96. The van der Waals surface area contributed by atoms with Crippen LogP contribution >= 0.6 is 0 Å². The quantitative estimate of drug-likeness (QED) is 0.647.